The zero-order valence-electron chi connectivity index (χ0n) is 14.8. The summed E-state index contributed by atoms with van der Waals surface area (Å²) < 4.78 is 44.4. The van der Waals surface area contributed by atoms with Crippen LogP contribution in [-0.2, 0) is 6.18 Å². The summed E-state index contributed by atoms with van der Waals surface area (Å²) in [6.45, 7) is 3.94. The molecule has 0 aliphatic heterocycles. The number of ether oxygens (including phenoxy) is 1. The molecule has 0 spiro atoms. The zero-order chi connectivity index (χ0) is 18.9. The van der Waals surface area contributed by atoms with Gasteiger partial charge in [-0.05, 0) is 44.9 Å². The molecule has 3 rings (SSSR count). The molecule has 5 nitrogen and oxygen atoms in total. The highest BCUT2D eigenvalue weighted by Gasteiger charge is 2.34. The van der Waals surface area contributed by atoms with Gasteiger partial charge in [0.2, 0.25) is 5.95 Å². The molecule has 0 amide bonds. The number of rotatable bonds is 6. The van der Waals surface area contributed by atoms with Gasteiger partial charge in [-0.2, -0.15) is 18.2 Å². The smallest absolute Gasteiger partial charge is 0.420 e. The van der Waals surface area contributed by atoms with Crippen molar-refractivity contribution < 1.29 is 17.9 Å². The van der Waals surface area contributed by atoms with Gasteiger partial charge in [-0.3, -0.25) is 0 Å². The largest absolute Gasteiger partial charge is 0.496 e. The summed E-state index contributed by atoms with van der Waals surface area (Å²) in [5, 5.41) is 6.10. The fourth-order valence-corrected chi connectivity index (χ4v) is 2.60. The Bertz CT molecular complexity index is 788. The minimum Gasteiger partial charge on any atom is -0.496 e. The van der Waals surface area contributed by atoms with E-state index in [1.54, 1.807) is 6.07 Å². The lowest BCUT2D eigenvalue weighted by molar-refractivity contribution is -0.138. The van der Waals surface area contributed by atoms with Crippen LogP contribution in [-0.4, -0.2) is 23.1 Å². The van der Waals surface area contributed by atoms with Crippen LogP contribution in [0.4, 0.5) is 30.6 Å². The third-order valence-electron chi connectivity index (χ3n) is 3.94. The van der Waals surface area contributed by atoms with E-state index in [2.05, 4.69) is 20.6 Å². The van der Waals surface area contributed by atoms with Crippen molar-refractivity contribution in [1.29, 1.82) is 0 Å². The highest BCUT2D eigenvalue weighted by Crippen LogP contribution is 2.41. The molecule has 0 unspecified atom stereocenters. The Labute approximate surface area is 150 Å². The van der Waals surface area contributed by atoms with Crippen molar-refractivity contribution in [1.82, 2.24) is 9.97 Å². The SMILES string of the molecule is COc1ccc(Nc2cc(C3CC3)nc(NC(C)C)n2)cc1C(F)(F)F. The van der Waals surface area contributed by atoms with Crippen molar-refractivity contribution in [2.75, 3.05) is 17.7 Å². The molecule has 1 aromatic carbocycles. The lowest BCUT2D eigenvalue weighted by Gasteiger charge is -2.15. The van der Waals surface area contributed by atoms with E-state index in [0.717, 1.165) is 24.6 Å². The summed E-state index contributed by atoms with van der Waals surface area (Å²) in [6.07, 6.45) is -2.37. The second-order valence-corrected chi connectivity index (χ2v) is 6.61. The Morgan fingerprint density at radius 1 is 1.15 bits per heavy atom. The summed E-state index contributed by atoms with van der Waals surface area (Å²) in [5.74, 6) is 1.11. The van der Waals surface area contributed by atoms with Crippen molar-refractivity contribution >= 4 is 17.5 Å². The molecule has 0 saturated heterocycles. The summed E-state index contributed by atoms with van der Waals surface area (Å²) in [4.78, 5) is 8.87. The third kappa shape index (κ3) is 4.36. The van der Waals surface area contributed by atoms with Gasteiger partial charge in [0, 0.05) is 23.7 Å². The van der Waals surface area contributed by atoms with Crippen molar-refractivity contribution in [3.8, 4) is 5.75 Å². The minimum absolute atomic E-state index is 0.148. The number of nitrogens with one attached hydrogen (secondary N) is 2. The number of hydrogen-bond donors (Lipinski definition) is 2. The summed E-state index contributed by atoms with van der Waals surface area (Å²) >= 11 is 0. The molecule has 0 bridgehead atoms. The molecule has 0 radical (unpaired) electrons. The molecular weight excluding hydrogens is 345 g/mol. The van der Waals surface area contributed by atoms with E-state index in [-0.39, 0.29) is 17.5 Å². The quantitative estimate of drug-likeness (QED) is 0.758. The van der Waals surface area contributed by atoms with Gasteiger partial charge in [0.25, 0.3) is 0 Å². The number of alkyl halides is 3. The molecule has 1 aliphatic rings. The lowest BCUT2D eigenvalue weighted by atomic mass is 10.1. The first-order chi connectivity index (χ1) is 12.3. The maximum atomic E-state index is 13.2. The topological polar surface area (TPSA) is 59.1 Å². The predicted octanol–water partition coefficient (Wildman–Crippen LogP) is 4.95. The van der Waals surface area contributed by atoms with E-state index >= 15 is 0 Å². The molecule has 0 atom stereocenters. The van der Waals surface area contributed by atoms with Crippen molar-refractivity contribution in [3.63, 3.8) is 0 Å². The molecular formula is C18H21F3N4O. The number of methoxy groups -OCH3 is 1. The monoisotopic (exact) mass is 366 g/mol. The molecule has 8 heteroatoms. The summed E-state index contributed by atoms with van der Waals surface area (Å²) in [6, 6.07) is 5.79. The second-order valence-electron chi connectivity index (χ2n) is 6.61. The molecule has 1 heterocycles. The highest BCUT2D eigenvalue weighted by atomic mass is 19.4. The third-order valence-corrected chi connectivity index (χ3v) is 3.94. The molecule has 1 fully saturated rings. The molecule has 2 aromatic rings. The Balaban J connectivity index is 1.91. The number of nitrogens with zero attached hydrogens (tertiary/aromatic N) is 2. The Morgan fingerprint density at radius 2 is 1.88 bits per heavy atom. The van der Waals surface area contributed by atoms with E-state index in [4.69, 9.17) is 4.74 Å². The van der Waals surface area contributed by atoms with Crippen molar-refractivity contribution in [3.05, 3.63) is 35.5 Å². The normalized spacial score (nSPS) is 14.4. The number of benzene rings is 1. The van der Waals surface area contributed by atoms with Crippen molar-refractivity contribution in [2.24, 2.45) is 0 Å². The molecule has 1 aliphatic carbocycles. The van der Waals surface area contributed by atoms with Gasteiger partial charge in [-0.15, -0.1) is 0 Å². The van der Waals surface area contributed by atoms with Crippen LogP contribution in [0.1, 0.15) is 43.9 Å². The maximum Gasteiger partial charge on any atom is 0.420 e. The Hall–Kier alpha value is -2.51. The first kappa shape index (κ1) is 18.3. The van der Waals surface area contributed by atoms with Crippen LogP contribution in [0.2, 0.25) is 0 Å². The van der Waals surface area contributed by atoms with E-state index < -0.39 is 11.7 Å². The van der Waals surface area contributed by atoms with Crippen LogP contribution < -0.4 is 15.4 Å². The molecule has 1 aromatic heterocycles. The van der Waals surface area contributed by atoms with E-state index in [1.807, 2.05) is 13.8 Å². The first-order valence-corrected chi connectivity index (χ1v) is 8.44. The van der Waals surface area contributed by atoms with Crippen LogP contribution >= 0.6 is 0 Å². The molecule has 2 N–H and O–H groups in total. The van der Waals surface area contributed by atoms with E-state index in [0.29, 0.717) is 17.7 Å². The second kappa shape index (κ2) is 7.01. The minimum atomic E-state index is -4.50. The van der Waals surface area contributed by atoms with Gasteiger partial charge >= 0.3 is 6.18 Å². The fraction of sp³-hybridized carbons (Fsp3) is 0.444. The number of aromatic nitrogens is 2. The number of anilines is 3. The summed E-state index contributed by atoms with van der Waals surface area (Å²) in [5.41, 5.74) is 0.353. The van der Waals surface area contributed by atoms with E-state index in [9.17, 15) is 13.2 Å². The summed E-state index contributed by atoms with van der Waals surface area (Å²) in [7, 11) is 1.22. The van der Waals surface area contributed by atoms with Crippen LogP contribution in [0.15, 0.2) is 24.3 Å². The van der Waals surface area contributed by atoms with Gasteiger partial charge in [-0.1, -0.05) is 0 Å². The number of halogens is 3. The predicted molar refractivity (Wildman–Crippen MR) is 94.0 cm³/mol. The maximum absolute atomic E-state index is 13.2. The standard InChI is InChI=1S/C18H21F3N4O/c1-10(2)22-17-24-14(11-4-5-11)9-16(25-17)23-12-6-7-15(26-3)13(8-12)18(19,20)21/h6-11H,4-5H2,1-3H3,(H2,22,23,24,25). The highest BCUT2D eigenvalue weighted by molar-refractivity contribution is 5.61. The van der Waals surface area contributed by atoms with Crippen molar-refractivity contribution in [2.45, 2.75) is 44.8 Å². The molecule has 26 heavy (non-hydrogen) atoms. The molecule has 1 saturated carbocycles. The van der Waals surface area contributed by atoms with Crippen LogP contribution in [0, 0.1) is 0 Å². The van der Waals surface area contributed by atoms with E-state index in [1.165, 1.54) is 19.2 Å². The first-order valence-electron chi connectivity index (χ1n) is 8.44. The van der Waals surface area contributed by atoms with Crippen LogP contribution in [0.5, 0.6) is 5.75 Å². The zero-order valence-corrected chi connectivity index (χ0v) is 14.8. The van der Waals surface area contributed by atoms with Gasteiger partial charge in [0.1, 0.15) is 11.6 Å². The molecule has 140 valence electrons. The Morgan fingerprint density at radius 3 is 2.46 bits per heavy atom. The Kier molecular flexibility index (Phi) is 4.93. The number of hydrogen-bond acceptors (Lipinski definition) is 5. The van der Waals surface area contributed by atoms with Gasteiger partial charge in [0.15, 0.2) is 0 Å². The average molecular weight is 366 g/mol. The van der Waals surface area contributed by atoms with Gasteiger partial charge < -0.3 is 15.4 Å². The lowest BCUT2D eigenvalue weighted by Crippen LogP contribution is -2.14. The fourth-order valence-electron chi connectivity index (χ4n) is 2.60. The van der Waals surface area contributed by atoms with Crippen LogP contribution in [0.25, 0.3) is 0 Å². The van der Waals surface area contributed by atoms with Crippen LogP contribution in [0.3, 0.4) is 0 Å². The van der Waals surface area contributed by atoms with Gasteiger partial charge in [0.05, 0.1) is 18.4 Å². The average Bonchev–Trinajstić information content (AvgIpc) is 3.38. The van der Waals surface area contributed by atoms with Gasteiger partial charge in [-0.25, -0.2) is 4.98 Å².